The van der Waals surface area contributed by atoms with Crippen molar-refractivity contribution >= 4 is 5.96 Å². The van der Waals surface area contributed by atoms with Gasteiger partial charge in [-0.15, -0.1) is 0 Å². The summed E-state index contributed by atoms with van der Waals surface area (Å²) >= 11 is 0. The molecule has 0 radical (unpaired) electrons. The Morgan fingerprint density at radius 3 is 2.00 bits per heavy atom. The standard InChI is InChI=1S/C19H33N5/c1-6-23-11-13-24(14-12-23)16-18-10-8-7-9-17(18)15-20-19(21(2)3)22(4)5/h7-10H,6,11-16H2,1-5H3. The fourth-order valence-corrected chi connectivity index (χ4v) is 3.21. The molecule has 0 unspecified atom stereocenters. The van der Waals surface area contributed by atoms with E-state index >= 15 is 0 Å². The maximum absolute atomic E-state index is 4.81. The first kappa shape index (κ1) is 18.7. The second-order valence-corrected chi connectivity index (χ2v) is 6.88. The Morgan fingerprint density at radius 1 is 0.917 bits per heavy atom. The minimum absolute atomic E-state index is 0.733. The Bertz CT molecular complexity index is 520. The van der Waals surface area contributed by atoms with E-state index in [-0.39, 0.29) is 0 Å². The van der Waals surface area contributed by atoms with Crippen molar-refractivity contribution in [1.29, 1.82) is 0 Å². The monoisotopic (exact) mass is 331 g/mol. The topological polar surface area (TPSA) is 25.3 Å². The zero-order chi connectivity index (χ0) is 17.5. The van der Waals surface area contributed by atoms with Crippen molar-refractivity contribution in [2.75, 3.05) is 60.9 Å². The molecule has 0 aliphatic carbocycles. The smallest absolute Gasteiger partial charge is 0.195 e. The number of rotatable bonds is 5. The summed E-state index contributed by atoms with van der Waals surface area (Å²) in [6.07, 6.45) is 0. The van der Waals surface area contributed by atoms with Gasteiger partial charge in [0, 0.05) is 60.9 Å². The molecule has 134 valence electrons. The zero-order valence-corrected chi connectivity index (χ0v) is 16.0. The van der Waals surface area contributed by atoms with Crippen LogP contribution in [0.5, 0.6) is 0 Å². The Balaban J connectivity index is 2.04. The molecule has 1 aromatic rings. The summed E-state index contributed by atoms with van der Waals surface area (Å²) in [7, 11) is 8.16. The normalized spacial score (nSPS) is 16.0. The van der Waals surface area contributed by atoms with Crippen LogP contribution in [0.25, 0.3) is 0 Å². The van der Waals surface area contributed by atoms with Crippen LogP contribution in [0.15, 0.2) is 29.3 Å². The molecule has 1 heterocycles. The van der Waals surface area contributed by atoms with E-state index in [1.165, 1.54) is 24.2 Å². The Morgan fingerprint density at radius 2 is 1.46 bits per heavy atom. The number of hydrogen-bond acceptors (Lipinski definition) is 3. The number of hydrogen-bond donors (Lipinski definition) is 0. The average molecular weight is 332 g/mol. The van der Waals surface area contributed by atoms with Gasteiger partial charge in [0.2, 0.25) is 0 Å². The molecular weight excluding hydrogens is 298 g/mol. The summed E-state index contributed by atoms with van der Waals surface area (Å²) < 4.78 is 0. The second kappa shape index (κ2) is 9.04. The predicted octanol–water partition coefficient (Wildman–Crippen LogP) is 1.80. The summed E-state index contributed by atoms with van der Waals surface area (Å²) in [4.78, 5) is 14.0. The Hall–Kier alpha value is -1.59. The number of aliphatic imine (C=N–C) groups is 1. The molecule has 0 bridgehead atoms. The van der Waals surface area contributed by atoms with Crippen LogP contribution in [-0.2, 0) is 13.1 Å². The van der Waals surface area contributed by atoms with Gasteiger partial charge in [-0.25, -0.2) is 4.99 Å². The SMILES string of the molecule is CCN1CCN(Cc2ccccc2CN=C(N(C)C)N(C)C)CC1. The van der Waals surface area contributed by atoms with Crippen LogP contribution in [0, 0.1) is 0 Å². The Kier molecular flexibility index (Phi) is 7.06. The van der Waals surface area contributed by atoms with Crippen LogP contribution in [0.1, 0.15) is 18.1 Å². The van der Waals surface area contributed by atoms with Gasteiger partial charge in [-0.2, -0.15) is 0 Å². The largest absolute Gasteiger partial charge is 0.349 e. The lowest BCUT2D eigenvalue weighted by molar-refractivity contribution is 0.131. The van der Waals surface area contributed by atoms with Gasteiger partial charge in [-0.05, 0) is 17.7 Å². The van der Waals surface area contributed by atoms with E-state index in [1.54, 1.807) is 0 Å². The fraction of sp³-hybridized carbons (Fsp3) is 0.632. The van der Waals surface area contributed by atoms with Gasteiger partial charge in [-0.1, -0.05) is 31.2 Å². The highest BCUT2D eigenvalue weighted by molar-refractivity contribution is 5.79. The third-order valence-electron chi connectivity index (χ3n) is 4.62. The minimum atomic E-state index is 0.733. The van der Waals surface area contributed by atoms with Crippen LogP contribution < -0.4 is 0 Å². The summed E-state index contributed by atoms with van der Waals surface area (Å²) in [6.45, 7) is 9.86. The maximum atomic E-state index is 4.81. The number of guanidine groups is 1. The molecule has 24 heavy (non-hydrogen) atoms. The zero-order valence-electron chi connectivity index (χ0n) is 16.0. The molecule has 0 N–H and O–H groups in total. The van der Waals surface area contributed by atoms with Crippen molar-refractivity contribution in [3.8, 4) is 0 Å². The van der Waals surface area contributed by atoms with Crippen molar-refractivity contribution < 1.29 is 0 Å². The quantitative estimate of drug-likeness (QED) is 0.607. The first-order valence-corrected chi connectivity index (χ1v) is 8.91. The third kappa shape index (κ3) is 5.21. The van der Waals surface area contributed by atoms with E-state index < -0.39 is 0 Å². The van der Waals surface area contributed by atoms with Crippen LogP contribution in [0.4, 0.5) is 0 Å². The third-order valence-corrected chi connectivity index (χ3v) is 4.62. The molecule has 1 fully saturated rings. The minimum Gasteiger partial charge on any atom is -0.349 e. The molecule has 1 aliphatic heterocycles. The highest BCUT2D eigenvalue weighted by Gasteiger charge is 2.16. The van der Waals surface area contributed by atoms with E-state index in [9.17, 15) is 0 Å². The molecule has 0 aromatic heterocycles. The van der Waals surface area contributed by atoms with Gasteiger partial charge in [0.25, 0.3) is 0 Å². The van der Waals surface area contributed by atoms with E-state index in [0.717, 1.165) is 38.7 Å². The van der Waals surface area contributed by atoms with Crippen LogP contribution in [0.3, 0.4) is 0 Å². The van der Waals surface area contributed by atoms with Gasteiger partial charge in [0.05, 0.1) is 6.54 Å². The Labute approximate surface area is 147 Å². The van der Waals surface area contributed by atoms with Gasteiger partial charge in [-0.3, -0.25) is 4.90 Å². The first-order chi connectivity index (χ1) is 11.5. The molecule has 5 nitrogen and oxygen atoms in total. The van der Waals surface area contributed by atoms with Crippen molar-refractivity contribution in [2.24, 2.45) is 4.99 Å². The number of likely N-dealkylation sites (N-methyl/N-ethyl adjacent to an activating group) is 1. The molecule has 1 saturated heterocycles. The molecule has 1 aromatic carbocycles. The molecule has 0 atom stereocenters. The van der Waals surface area contributed by atoms with E-state index in [4.69, 9.17) is 4.99 Å². The van der Waals surface area contributed by atoms with Crippen LogP contribution in [0.2, 0.25) is 0 Å². The van der Waals surface area contributed by atoms with Gasteiger partial charge in [0.15, 0.2) is 5.96 Å². The second-order valence-electron chi connectivity index (χ2n) is 6.88. The van der Waals surface area contributed by atoms with E-state index in [0.29, 0.717) is 0 Å². The number of nitrogens with zero attached hydrogens (tertiary/aromatic N) is 5. The highest BCUT2D eigenvalue weighted by atomic mass is 15.3. The van der Waals surface area contributed by atoms with Crippen molar-refractivity contribution in [3.05, 3.63) is 35.4 Å². The molecule has 5 heteroatoms. The lowest BCUT2D eigenvalue weighted by atomic mass is 10.1. The number of piperazine rings is 1. The van der Waals surface area contributed by atoms with Crippen LogP contribution in [-0.4, -0.2) is 86.5 Å². The van der Waals surface area contributed by atoms with Crippen LogP contribution >= 0.6 is 0 Å². The predicted molar refractivity (Wildman–Crippen MR) is 102 cm³/mol. The van der Waals surface area contributed by atoms with Crippen molar-refractivity contribution in [3.63, 3.8) is 0 Å². The maximum Gasteiger partial charge on any atom is 0.195 e. The molecular formula is C19H33N5. The highest BCUT2D eigenvalue weighted by Crippen LogP contribution is 2.15. The fourth-order valence-electron chi connectivity index (χ4n) is 3.21. The average Bonchev–Trinajstić information content (AvgIpc) is 2.56. The lowest BCUT2D eigenvalue weighted by Gasteiger charge is -2.34. The lowest BCUT2D eigenvalue weighted by Crippen LogP contribution is -2.45. The summed E-state index contributed by atoms with van der Waals surface area (Å²) in [6, 6.07) is 8.73. The summed E-state index contributed by atoms with van der Waals surface area (Å²) in [5, 5.41) is 0. The summed E-state index contributed by atoms with van der Waals surface area (Å²) in [5.74, 6) is 1.00. The molecule has 2 rings (SSSR count). The van der Waals surface area contributed by atoms with Gasteiger partial charge < -0.3 is 14.7 Å². The van der Waals surface area contributed by atoms with E-state index in [2.05, 4.69) is 50.8 Å². The first-order valence-electron chi connectivity index (χ1n) is 8.91. The molecule has 0 amide bonds. The van der Waals surface area contributed by atoms with Crippen molar-refractivity contribution in [2.45, 2.75) is 20.0 Å². The van der Waals surface area contributed by atoms with Crippen molar-refractivity contribution in [1.82, 2.24) is 19.6 Å². The summed E-state index contributed by atoms with van der Waals surface area (Å²) in [5.41, 5.74) is 2.74. The van der Waals surface area contributed by atoms with Gasteiger partial charge >= 0.3 is 0 Å². The van der Waals surface area contributed by atoms with E-state index in [1.807, 2.05) is 28.2 Å². The molecule has 1 aliphatic rings. The number of benzene rings is 1. The molecule has 0 spiro atoms. The molecule has 0 saturated carbocycles. The van der Waals surface area contributed by atoms with Gasteiger partial charge in [0.1, 0.15) is 0 Å².